The first-order valence-corrected chi connectivity index (χ1v) is 13.7. The summed E-state index contributed by atoms with van der Waals surface area (Å²) >= 11 is 0. The van der Waals surface area contributed by atoms with Crippen LogP contribution >= 0.6 is 0 Å². The summed E-state index contributed by atoms with van der Waals surface area (Å²) in [5.41, 5.74) is 6.58. The number of amides is 1. The summed E-state index contributed by atoms with van der Waals surface area (Å²) in [6.45, 7) is 3.17. The van der Waals surface area contributed by atoms with Crippen molar-refractivity contribution in [1.29, 1.82) is 0 Å². The van der Waals surface area contributed by atoms with E-state index in [-0.39, 0.29) is 18.0 Å². The number of hydrogen-bond donors (Lipinski definition) is 2. The van der Waals surface area contributed by atoms with Gasteiger partial charge in [0, 0.05) is 38.7 Å². The molecule has 0 radical (unpaired) electrons. The maximum Gasteiger partial charge on any atom is 0.236 e. The third-order valence-electron chi connectivity index (χ3n) is 7.44. The van der Waals surface area contributed by atoms with Gasteiger partial charge in [0.2, 0.25) is 5.91 Å². The zero-order chi connectivity index (χ0) is 26.9. The van der Waals surface area contributed by atoms with Gasteiger partial charge in [0.25, 0.3) is 0 Å². The number of rotatable bonds is 8. The van der Waals surface area contributed by atoms with Crippen LogP contribution in [0.2, 0.25) is 0 Å². The van der Waals surface area contributed by atoms with Crippen molar-refractivity contribution in [1.82, 2.24) is 15.5 Å². The SMILES string of the molecule is C1=CC2=CC=C1C2c1ccccc1.COCC1CN(C(=O)CNC(c2ccccc2)c2ccccc2)CCN1. The van der Waals surface area contributed by atoms with Gasteiger partial charge in [-0.05, 0) is 27.8 Å². The number of allylic oxidation sites excluding steroid dienone is 6. The van der Waals surface area contributed by atoms with E-state index in [2.05, 4.69) is 89.5 Å². The van der Waals surface area contributed by atoms with Crippen LogP contribution in [0.1, 0.15) is 28.7 Å². The predicted molar refractivity (Wildman–Crippen MR) is 157 cm³/mol. The molecule has 0 aromatic heterocycles. The van der Waals surface area contributed by atoms with E-state index >= 15 is 0 Å². The van der Waals surface area contributed by atoms with E-state index in [1.807, 2.05) is 41.3 Å². The number of carbonyl (C=O) groups excluding carboxylic acids is 1. The minimum atomic E-state index is -0.000891. The first kappa shape index (κ1) is 26.8. The number of methoxy groups -OCH3 is 1. The lowest BCUT2D eigenvalue weighted by Crippen LogP contribution is -2.55. The zero-order valence-electron chi connectivity index (χ0n) is 22.5. The molecule has 3 aromatic carbocycles. The van der Waals surface area contributed by atoms with Gasteiger partial charge in [-0.1, -0.05) is 115 Å². The molecule has 3 aliphatic rings. The molecule has 1 amide bonds. The van der Waals surface area contributed by atoms with Gasteiger partial charge in [0.15, 0.2) is 0 Å². The second-order valence-electron chi connectivity index (χ2n) is 10.1. The van der Waals surface area contributed by atoms with E-state index in [9.17, 15) is 4.79 Å². The maximum absolute atomic E-state index is 12.7. The molecule has 1 atom stereocenters. The average Bonchev–Trinajstić information content (AvgIpc) is 3.60. The first-order valence-electron chi connectivity index (χ1n) is 13.7. The lowest BCUT2D eigenvalue weighted by molar-refractivity contribution is -0.131. The third-order valence-corrected chi connectivity index (χ3v) is 7.44. The molecule has 1 unspecified atom stereocenters. The zero-order valence-corrected chi connectivity index (χ0v) is 22.5. The quantitative estimate of drug-likeness (QED) is 0.439. The van der Waals surface area contributed by atoms with Crippen LogP contribution < -0.4 is 10.6 Å². The van der Waals surface area contributed by atoms with E-state index in [1.54, 1.807) is 7.11 Å². The Balaban J connectivity index is 0.000000196. The number of benzene rings is 3. The summed E-state index contributed by atoms with van der Waals surface area (Å²) in [4.78, 5) is 14.6. The largest absolute Gasteiger partial charge is 0.383 e. The topological polar surface area (TPSA) is 53.6 Å². The van der Waals surface area contributed by atoms with Crippen LogP contribution in [0.3, 0.4) is 0 Å². The van der Waals surface area contributed by atoms with Crippen molar-refractivity contribution in [2.45, 2.75) is 18.0 Å². The molecule has 6 rings (SSSR count). The van der Waals surface area contributed by atoms with Gasteiger partial charge < -0.3 is 15.0 Å². The Labute approximate surface area is 231 Å². The maximum atomic E-state index is 12.7. The van der Waals surface area contributed by atoms with Gasteiger partial charge in [-0.15, -0.1) is 0 Å². The molecule has 2 N–H and O–H groups in total. The number of ether oxygens (including phenoxy) is 1. The molecule has 39 heavy (non-hydrogen) atoms. The lowest BCUT2D eigenvalue weighted by Gasteiger charge is -2.34. The number of fused-ring (bicyclic) bond motifs is 2. The fourth-order valence-corrected chi connectivity index (χ4v) is 5.49. The summed E-state index contributed by atoms with van der Waals surface area (Å²) in [5.74, 6) is 0.658. The van der Waals surface area contributed by atoms with E-state index in [0.717, 1.165) is 24.2 Å². The van der Waals surface area contributed by atoms with E-state index in [4.69, 9.17) is 4.74 Å². The highest BCUT2D eigenvalue weighted by molar-refractivity contribution is 5.78. The minimum Gasteiger partial charge on any atom is -0.383 e. The fraction of sp³-hybridized carbons (Fsp3) is 0.265. The number of piperazine rings is 1. The molecule has 2 aliphatic carbocycles. The predicted octanol–water partition coefficient (Wildman–Crippen LogP) is 5.02. The molecule has 5 heteroatoms. The Kier molecular flexibility index (Phi) is 9.17. The Bertz CT molecular complexity index is 1240. The van der Waals surface area contributed by atoms with Crippen molar-refractivity contribution in [2.75, 3.05) is 39.9 Å². The van der Waals surface area contributed by atoms with Gasteiger partial charge in [-0.25, -0.2) is 0 Å². The summed E-state index contributed by atoms with van der Waals surface area (Å²) in [6.07, 6.45) is 8.86. The molecule has 5 nitrogen and oxygen atoms in total. The van der Waals surface area contributed by atoms with E-state index in [1.165, 1.54) is 16.7 Å². The van der Waals surface area contributed by atoms with Crippen LogP contribution in [-0.2, 0) is 9.53 Å². The van der Waals surface area contributed by atoms with Crippen LogP contribution in [0.4, 0.5) is 0 Å². The van der Waals surface area contributed by atoms with E-state index in [0.29, 0.717) is 25.6 Å². The standard InChI is InChI=1S/C21H27N3O2.C13H10/c1-26-16-19-15-24(13-12-22-19)20(25)14-23-21(17-8-4-2-5-9-17)18-10-6-3-7-11-18;1-2-4-10(5-3-1)13-11-6-7-12(13)9-8-11/h2-11,19,21-23H,12-16H2,1H3;1-9,13H. The summed E-state index contributed by atoms with van der Waals surface area (Å²) < 4.78 is 5.21. The highest BCUT2D eigenvalue weighted by Crippen LogP contribution is 2.42. The molecular formula is C34H37N3O2. The van der Waals surface area contributed by atoms with Gasteiger partial charge >= 0.3 is 0 Å². The fourth-order valence-electron chi connectivity index (χ4n) is 5.49. The van der Waals surface area contributed by atoms with Crippen molar-refractivity contribution in [3.8, 4) is 0 Å². The number of nitrogens with zero attached hydrogens (tertiary/aromatic N) is 1. The monoisotopic (exact) mass is 519 g/mol. The molecule has 1 heterocycles. The van der Waals surface area contributed by atoms with Gasteiger partial charge in [-0.2, -0.15) is 0 Å². The van der Waals surface area contributed by atoms with Crippen molar-refractivity contribution in [2.24, 2.45) is 0 Å². The average molecular weight is 520 g/mol. The molecule has 1 saturated heterocycles. The molecule has 200 valence electrons. The van der Waals surface area contributed by atoms with Gasteiger partial charge in [-0.3, -0.25) is 10.1 Å². The normalized spacial score (nSPS) is 18.0. The number of carbonyl (C=O) groups is 1. The van der Waals surface area contributed by atoms with Crippen molar-refractivity contribution in [3.63, 3.8) is 0 Å². The molecule has 1 aliphatic heterocycles. The Hall–Kier alpha value is -3.77. The van der Waals surface area contributed by atoms with E-state index < -0.39 is 0 Å². The third kappa shape index (κ3) is 6.82. The second-order valence-corrected chi connectivity index (χ2v) is 10.1. The van der Waals surface area contributed by atoms with Crippen molar-refractivity contribution in [3.05, 3.63) is 143 Å². The smallest absolute Gasteiger partial charge is 0.236 e. The lowest BCUT2D eigenvalue weighted by atomic mass is 9.93. The molecule has 0 spiro atoms. The summed E-state index contributed by atoms with van der Waals surface area (Å²) in [5, 5.41) is 6.84. The molecular weight excluding hydrogens is 482 g/mol. The van der Waals surface area contributed by atoms with Gasteiger partial charge in [0.05, 0.1) is 19.2 Å². The number of hydrogen-bond acceptors (Lipinski definition) is 4. The van der Waals surface area contributed by atoms with Gasteiger partial charge in [0.1, 0.15) is 0 Å². The van der Waals surface area contributed by atoms with Crippen LogP contribution in [0, 0.1) is 0 Å². The van der Waals surface area contributed by atoms with Crippen LogP contribution in [0.5, 0.6) is 0 Å². The van der Waals surface area contributed by atoms with Crippen LogP contribution in [0.25, 0.3) is 0 Å². The highest BCUT2D eigenvalue weighted by atomic mass is 16.5. The Morgan fingerprint density at radius 3 is 2.00 bits per heavy atom. The van der Waals surface area contributed by atoms with Crippen molar-refractivity contribution >= 4 is 5.91 Å². The number of nitrogens with one attached hydrogen (secondary N) is 2. The molecule has 3 aromatic rings. The van der Waals surface area contributed by atoms with Crippen LogP contribution in [0.15, 0.2) is 126 Å². The second kappa shape index (κ2) is 13.3. The van der Waals surface area contributed by atoms with Crippen molar-refractivity contribution < 1.29 is 9.53 Å². The summed E-state index contributed by atoms with van der Waals surface area (Å²) in [6, 6.07) is 31.4. The molecule has 1 fully saturated rings. The minimum absolute atomic E-state index is 0.000891. The Morgan fingerprint density at radius 1 is 0.897 bits per heavy atom. The highest BCUT2D eigenvalue weighted by Gasteiger charge is 2.26. The Morgan fingerprint density at radius 2 is 1.46 bits per heavy atom. The first-order chi connectivity index (χ1) is 19.2. The van der Waals surface area contributed by atoms with Crippen LogP contribution in [-0.4, -0.2) is 56.7 Å². The molecule has 2 bridgehead atoms. The summed E-state index contributed by atoms with van der Waals surface area (Å²) in [7, 11) is 1.69. The molecule has 0 saturated carbocycles.